The highest BCUT2D eigenvalue weighted by Crippen LogP contribution is 2.12. The summed E-state index contributed by atoms with van der Waals surface area (Å²) in [4.78, 5) is 37.7. The maximum absolute atomic E-state index is 12.7. The van der Waals surface area contributed by atoms with Crippen LogP contribution in [0.5, 0.6) is 0 Å². The first kappa shape index (κ1) is 63.5. The standard InChI is InChI=1S/C62H98O6/c1-4-7-10-13-16-18-20-22-24-25-26-27-28-29-30-31-32-33-34-35-36-37-39-40-42-44-46-49-52-55-61(64)67-58-59(57-66-60(63)54-51-48-15-12-9-6-3)68-62(65)56-53-50-47-45-43-41-38-23-21-19-17-14-11-8-5-2/h7,10,16-19,22-24,26-27,29-30,32-33,35-36,38-40,44,46,59H,4-6,8-9,11-15,20-21,25,28,31,34,37,41-43,45,47-58H2,1-3H3/b10-7-,18-16-,19-17-,24-22-,27-26-,30-29-,33-32-,36-35-,38-23-,40-39-,46-44-. The third-order valence-corrected chi connectivity index (χ3v) is 10.9. The van der Waals surface area contributed by atoms with Crippen molar-refractivity contribution in [2.75, 3.05) is 13.2 Å². The summed E-state index contributed by atoms with van der Waals surface area (Å²) in [7, 11) is 0. The van der Waals surface area contributed by atoms with E-state index in [2.05, 4.69) is 154 Å². The fourth-order valence-corrected chi connectivity index (χ4v) is 6.82. The number of esters is 3. The summed E-state index contributed by atoms with van der Waals surface area (Å²) in [5.41, 5.74) is 0. The molecule has 0 aliphatic heterocycles. The highest BCUT2D eigenvalue weighted by Gasteiger charge is 2.19. The molecule has 0 saturated heterocycles. The zero-order valence-electron chi connectivity index (χ0n) is 43.6. The summed E-state index contributed by atoms with van der Waals surface area (Å²) in [6, 6.07) is 0. The Kier molecular flexibility index (Phi) is 51.5. The molecule has 0 heterocycles. The molecule has 0 spiro atoms. The molecule has 0 aliphatic carbocycles. The first-order valence-corrected chi connectivity index (χ1v) is 27.2. The summed E-state index contributed by atoms with van der Waals surface area (Å²) in [6.45, 7) is 6.35. The largest absolute Gasteiger partial charge is 0.462 e. The number of hydrogen-bond donors (Lipinski definition) is 0. The molecule has 6 nitrogen and oxygen atoms in total. The third-order valence-electron chi connectivity index (χ3n) is 10.9. The van der Waals surface area contributed by atoms with Crippen LogP contribution in [0.15, 0.2) is 134 Å². The average molecular weight is 939 g/mol. The van der Waals surface area contributed by atoms with Gasteiger partial charge in [-0.3, -0.25) is 14.4 Å². The van der Waals surface area contributed by atoms with E-state index < -0.39 is 6.10 Å². The molecule has 0 aromatic rings. The lowest BCUT2D eigenvalue weighted by Crippen LogP contribution is -2.30. The highest BCUT2D eigenvalue weighted by molar-refractivity contribution is 5.71. The fraction of sp³-hybridized carbons (Fsp3) is 0.597. The molecular formula is C62H98O6. The molecule has 1 atom stereocenters. The minimum atomic E-state index is -0.809. The van der Waals surface area contributed by atoms with Gasteiger partial charge in [0.05, 0.1) is 0 Å². The minimum absolute atomic E-state index is 0.106. The molecular weight excluding hydrogens is 841 g/mol. The predicted molar refractivity (Wildman–Crippen MR) is 292 cm³/mol. The molecule has 0 radical (unpaired) electrons. The molecule has 382 valence electrons. The van der Waals surface area contributed by atoms with Crippen LogP contribution in [0.1, 0.15) is 220 Å². The first-order valence-electron chi connectivity index (χ1n) is 27.2. The Morgan fingerprint density at radius 1 is 0.309 bits per heavy atom. The molecule has 0 aromatic carbocycles. The highest BCUT2D eigenvalue weighted by atomic mass is 16.6. The molecule has 0 aromatic heterocycles. The second kappa shape index (κ2) is 55.1. The van der Waals surface area contributed by atoms with E-state index in [-0.39, 0.29) is 37.5 Å². The van der Waals surface area contributed by atoms with Gasteiger partial charge < -0.3 is 14.2 Å². The van der Waals surface area contributed by atoms with Gasteiger partial charge in [0.2, 0.25) is 0 Å². The Morgan fingerprint density at radius 3 is 0.985 bits per heavy atom. The van der Waals surface area contributed by atoms with Crippen molar-refractivity contribution in [1.82, 2.24) is 0 Å². The molecule has 1 unspecified atom stereocenters. The second-order valence-electron chi connectivity index (χ2n) is 17.4. The van der Waals surface area contributed by atoms with Gasteiger partial charge in [-0.15, -0.1) is 0 Å². The van der Waals surface area contributed by atoms with E-state index in [1.54, 1.807) is 0 Å². The van der Waals surface area contributed by atoms with Gasteiger partial charge in [0.25, 0.3) is 0 Å². The van der Waals surface area contributed by atoms with Crippen molar-refractivity contribution in [3.8, 4) is 0 Å². The van der Waals surface area contributed by atoms with E-state index in [0.29, 0.717) is 19.3 Å². The SMILES string of the molecule is CC/C=C\C/C=C\C/C=C\C/C=C\C/C=C\C/C=C\C/C=C\C/C=C\C/C=C\CCCC(=O)OCC(COC(=O)CCCCCCCC)OC(=O)CCCCCCC/C=C\C/C=C\CCCCC. The summed E-state index contributed by atoms with van der Waals surface area (Å²) < 4.78 is 16.6. The van der Waals surface area contributed by atoms with Gasteiger partial charge >= 0.3 is 17.9 Å². The molecule has 68 heavy (non-hydrogen) atoms. The van der Waals surface area contributed by atoms with Gasteiger partial charge in [0.1, 0.15) is 13.2 Å². The van der Waals surface area contributed by atoms with Crippen LogP contribution in [-0.4, -0.2) is 37.2 Å². The summed E-state index contributed by atoms with van der Waals surface area (Å²) in [5.74, 6) is -1.00. The van der Waals surface area contributed by atoms with Gasteiger partial charge in [-0.2, -0.15) is 0 Å². The maximum Gasteiger partial charge on any atom is 0.306 e. The number of allylic oxidation sites excluding steroid dienone is 22. The molecule has 0 rings (SSSR count). The van der Waals surface area contributed by atoms with Crippen molar-refractivity contribution in [2.24, 2.45) is 0 Å². The van der Waals surface area contributed by atoms with E-state index >= 15 is 0 Å². The minimum Gasteiger partial charge on any atom is -0.462 e. The maximum atomic E-state index is 12.7. The quantitative estimate of drug-likeness (QED) is 0.0262. The van der Waals surface area contributed by atoms with Crippen LogP contribution in [0.4, 0.5) is 0 Å². The predicted octanol–water partition coefficient (Wildman–Crippen LogP) is 18.3. The molecule has 0 bridgehead atoms. The van der Waals surface area contributed by atoms with E-state index in [9.17, 15) is 14.4 Å². The summed E-state index contributed by atoms with van der Waals surface area (Å²) in [5, 5.41) is 0. The van der Waals surface area contributed by atoms with Gasteiger partial charge in [0, 0.05) is 19.3 Å². The lowest BCUT2D eigenvalue weighted by Gasteiger charge is -2.18. The van der Waals surface area contributed by atoms with Crippen molar-refractivity contribution < 1.29 is 28.6 Å². The van der Waals surface area contributed by atoms with Gasteiger partial charge in [0.15, 0.2) is 6.10 Å². The smallest absolute Gasteiger partial charge is 0.306 e. The molecule has 0 saturated carbocycles. The van der Waals surface area contributed by atoms with E-state index in [0.717, 1.165) is 128 Å². The van der Waals surface area contributed by atoms with Crippen LogP contribution in [0.3, 0.4) is 0 Å². The van der Waals surface area contributed by atoms with Crippen molar-refractivity contribution >= 4 is 17.9 Å². The molecule has 6 heteroatoms. The van der Waals surface area contributed by atoms with E-state index in [1.165, 1.54) is 44.9 Å². The molecule has 0 amide bonds. The first-order chi connectivity index (χ1) is 33.5. The summed E-state index contributed by atoms with van der Waals surface area (Å²) in [6.07, 6.45) is 77.6. The normalized spacial score (nSPS) is 13.2. The van der Waals surface area contributed by atoms with Crippen LogP contribution in [0.25, 0.3) is 0 Å². The van der Waals surface area contributed by atoms with Crippen molar-refractivity contribution in [2.45, 2.75) is 226 Å². The van der Waals surface area contributed by atoms with Crippen molar-refractivity contribution in [1.29, 1.82) is 0 Å². The average Bonchev–Trinajstić information content (AvgIpc) is 3.34. The second-order valence-corrected chi connectivity index (χ2v) is 17.4. The fourth-order valence-electron chi connectivity index (χ4n) is 6.82. The molecule has 0 aliphatic rings. The topological polar surface area (TPSA) is 78.9 Å². The van der Waals surface area contributed by atoms with E-state index in [1.807, 2.05) is 0 Å². The van der Waals surface area contributed by atoms with Gasteiger partial charge in [-0.1, -0.05) is 219 Å². The van der Waals surface area contributed by atoms with Gasteiger partial charge in [-0.25, -0.2) is 0 Å². The number of carbonyl (C=O) groups is 3. The Balaban J connectivity index is 4.31. The van der Waals surface area contributed by atoms with Crippen LogP contribution >= 0.6 is 0 Å². The van der Waals surface area contributed by atoms with E-state index in [4.69, 9.17) is 14.2 Å². The number of hydrogen-bond acceptors (Lipinski definition) is 6. The Hall–Kier alpha value is -4.45. The number of ether oxygens (including phenoxy) is 3. The van der Waals surface area contributed by atoms with Crippen LogP contribution in [-0.2, 0) is 28.6 Å². The number of unbranched alkanes of at least 4 members (excludes halogenated alkanes) is 14. The van der Waals surface area contributed by atoms with Crippen LogP contribution in [0.2, 0.25) is 0 Å². The van der Waals surface area contributed by atoms with Gasteiger partial charge in [-0.05, 0) is 116 Å². The Labute approximate surface area is 417 Å². The number of rotatable bonds is 47. The lowest BCUT2D eigenvalue weighted by molar-refractivity contribution is -0.167. The van der Waals surface area contributed by atoms with Crippen LogP contribution in [0, 0.1) is 0 Å². The zero-order valence-corrected chi connectivity index (χ0v) is 43.6. The summed E-state index contributed by atoms with van der Waals surface area (Å²) >= 11 is 0. The van der Waals surface area contributed by atoms with Crippen molar-refractivity contribution in [3.63, 3.8) is 0 Å². The monoisotopic (exact) mass is 939 g/mol. The molecule has 0 N–H and O–H groups in total. The molecule has 0 fully saturated rings. The zero-order chi connectivity index (χ0) is 49.3. The Bertz CT molecular complexity index is 1500. The number of carbonyl (C=O) groups excluding carboxylic acids is 3. The Morgan fingerprint density at radius 2 is 0.588 bits per heavy atom. The van der Waals surface area contributed by atoms with Crippen LogP contribution < -0.4 is 0 Å². The third kappa shape index (κ3) is 52.5. The lowest BCUT2D eigenvalue weighted by atomic mass is 10.1. The van der Waals surface area contributed by atoms with Crippen molar-refractivity contribution in [3.05, 3.63) is 134 Å².